The second kappa shape index (κ2) is 9.98. The standard InChI is InChI=1S/C21H29N5O2.ClH/c1-28-20-7-3-2-6-19(20)25-12-8-16(9-13-25)23-21(27)18-10-14-26(24-18)17-5-4-11-22-15-17;/h2-3,6-7,10,14,16-17,22H,4-5,8-9,11-13,15H2,1H3,(H,23,27);1H. The number of nitrogens with zero attached hydrogens (tertiary/aromatic N) is 3. The van der Waals surface area contributed by atoms with Gasteiger partial charge in [0.15, 0.2) is 0 Å². The highest BCUT2D eigenvalue weighted by Gasteiger charge is 2.24. The third-order valence-corrected chi connectivity index (χ3v) is 5.74. The van der Waals surface area contributed by atoms with Gasteiger partial charge in [-0.25, -0.2) is 0 Å². The highest BCUT2D eigenvalue weighted by Crippen LogP contribution is 2.29. The van der Waals surface area contributed by atoms with E-state index in [2.05, 4.69) is 26.7 Å². The molecule has 0 aliphatic carbocycles. The maximum absolute atomic E-state index is 12.6. The lowest BCUT2D eigenvalue weighted by Crippen LogP contribution is -2.45. The molecule has 1 atom stereocenters. The van der Waals surface area contributed by atoms with Crippen molar-refractivity contribution < 1.29 is 9.53 Å². The molecule has 158 valence electrons. The molecule has 0 spiro atoms. The molecule has 3 heterocycles. The molecule has 7 nitrogen and oxygen atoms in total. The minimum absolute atomic E-state index is 0. The van der Waals surface area contributed by atoms with Crippen molar-refractivity contribution in [2.75, 3.05) is 38.2 Å². The van der Waals surface area contributed by atoms with Crippen LogP contribution in [0.1, 0.15) is 42.2 Å². The van der Waals surface area contributed by atoms with E-state index in [1.807, 2.05) is 35.1 Å². The van der Waals surface area contributed by atoms with Crippen molar-refractivity contribution in [2.24, 2.45) is 0 Å². The summed E-state index contributed by atoms with van der Waals surface area (Å²) < 4.78 is 7.41. The molecule has 1 aromatic carbocycles. The number of amides is 1. The summed E-state index contributed by atoms with van der Waals surface area (Å²) in [6, 6.07) is 10.4. The smallest absolute Gasteiger partial charge is 0.271 e. The average Bonchev–Trinajstić information content (AvgIpc) is 3.25. The molecular formula is C21H30ClN5O2. The van der Waals surface area contributed by atoms with Gasteiger partial charge in [0.05, 0.1) is 18.8 Å². The number of anilines is 1. The van der Waals surface area contributed by atoms with Crippen LogP contribution in [0.3, 0.4) is 0 Å². The number of para-hydroxylation sites is 2. The van der Waals surface area contributed by atoms with Crippen LogP contribution >= 0.6 is 12.4 Å². The summed E-state index contributed by atoms with van der Waals surface area (Å²) in [5.74, 6) is 0.825. The molecule has 2 aliphatic heterocycles. The largest absolute Gasteiger partial charge is 0.495 e. The van der Waals surface area contributed by atoms with Crippen molar-refractivity contribution in [1.82, 2.24) is 20.4 Å². The Morgan fingerprint density at radius 1 is 1.21 bits per heavy atom. The number of benzene rings is 1. The topological polar surface area (TPSA) is 71.4 Å². The Kier molecular flexibility index (Phi) is 7.39. The summed E-state index contributed by atoms with van der Waals surface area (Å²) >= 11 is 0. The van der Waals surface area contributed by atoms with Crippen molar-refractivity contribution in [3.8, 4) is 5.75 Å². The van der Waals surface area contributed by atoms with Crippen molar-refractivity contribution in [2.45, 2.75) is 37.8 Å². The normalized spacial score (nSPS) is 20.0. The lowest BCUT2D eigenvalue weighted by molar-refractivity contribution is 0.0924. The number of halogens is 1. The van der Waals surface area contributed by atoms with E-state index < -0.39 is 0 Å². The fourth-order valence-corrected chi connectivity index (χ4v) is 4.14. The molecule has 0 radical (unpaired) electrons. The van der Waals surface area contributed by atoms with E-state index in [1.165, 1.54) is 0 Å². The first-order valence-corrected chi connectivity index (χ1v) is 10.2. The predicted molar refractivity (Wildman–Crippen MR) is 116 cm³/mol. The zero-order valence-corrected chi connectivity index (χ0v) is 17.7. The molecule has 2 aromatic rings. The number of piperidine rings is 2. The van der Waals surface area contributed by atoms with Crippen LogP contribution < -0.4 is 20.3 Å². The molecule has 1 unspecified atom stereocenters. The minimum Gasteiger partial charge on any atom is -0.495 e. The quantitative estimate of drug-likeness (QED) is 0.779. The Labute approximate surface area is 178 Å². The molecule has 2 fully saturated rings. The molecule has 1 aromatic heterocycles. The number of methoxy groups -OCH3 is 1. The number of hydrogen-bond donors (Lipinski definition) is 2. The Balaban J connectivity index is 0.00000240. The molecule has 4 rings (SSSR count). The summed E-state index contributed by atoms with van der Waals surface area (Å²) in [5, 5.41) is 11.1. The highest BCUT2D eigenvalue weighted by molar-refractivity contribution is 5.92. The van der Waals surface area contributed by atoms with Crippen LogP contribution in [-0.4, -0.2) is 55.0 Å². The van der Waals surface area contributed by atoms with Gasteiger partial charge >= 0.3 is 0 Å². The zero-order valence-electron chi connectivity index (χ0n) is 16.8. The summed E-state index contributed by atoms with van der Waals surface area (Å²) in [4.78, 5) is 15.0. The molecule has 29 heavy (non-hydrogen) atoms. The van der Waals surface area contributed by atoms with Gasteiger partial charge in [0, 0.05) is 31.9 Å². The fourth-order valence-electron chi connectivity index (χ4n) is 4.14. The number of carbonyl (C=O) groups excluding carboxylic acids is 1. The Morgan fingerprint density at radius 3 is 2.72 bits per heavy atom. The van der Waals surface area contributed by atoms with Crippen LogP contribution in [0.4, 0.5) is 5.69 Å². The molecule has 2 N–H and O–H groups in total. The number of ether oxygens (including phenoxy) is 1. The van der Waals surface area contributed by atoms with E-state index in [0.717, 1.165) is 63.3 Å². The zero-order chi connectivity index (χ0) is 19.3. The fraction of sp³-hybridized carbons (Fsp3) is 0.524. The van der Waals surface area contributed by atoms with Gasteiger partial charge in [0.25, 0.3) is 5.91 Å². The van der Waals surface area contributed by atoms with Crippen molar-refractivity contribution in [1.29, 1.82) is 0 Å². The van der Waals surface area contributed by atoms with Crippen molar-refractivity contribution >= 4 is 24.0 Å². The Hall–Kier alpha value is -2.25. The number of carbonyl (C=O) groups is 1. The van der Waals surface area contributed by atoms with Crippen molar-refractivity contribution in [3.63, 3.8) is 0 Å². The van der Waals surface area contributed by atoms with Crippen LogP contribution in [0, 0.1) is 0 Å². The van der Waals surface area contributed by atoms with Gasteiger partial charge in [0.2, 0.25) is 0 Å². The summed E-state index contributed by atoms with van der Waals surface area (Å²) in [6.07, 6.45) is 6.01. The average molecular weight is 420 g/mol. The number of aromatic nitrogens is 2. The molecule has 1 amide bonds. The predicted octanol–water partition coefficient (Wildman–Crippen LogP) is 2.64. The second-order valence-corrected chi connectivity index (χ2v) is 7.59. The molecule has 0 saturated carbocycles. The van der Waals surface area contributed by atoms with E-state index in [0.29, 0.717) is 11.7 Å². The molecule has 2 aliphatic rings. The monoisotopic (exact) mass is 419 g/mol. The minimum atomic E-state index is -0.0711. The number of hydrogen-bond acceptors (Lipinski definition) is 5. The molecular weight excluding hydrogens is 390 g/mol. The Morgan fingerprint density at radius 2 is 2.00 bits per heavy atom. The van der Waals surface area contributed by atoms with E-state index in [1.54, 1.807) is 7.11 Å². The summed E-state index contributed by atoms with van der Waals surface area (Å²) in [7, 11) is 1.70. The lowest BCUT2D eigenvalue weighted by atomic mass is 10.0. The second-order valence-electron chi connectivity index (χ2n) is 7.59. The first kappa shape index (κ1) is 21.5. The number of nitrogens with one attached hydrogen (secondary N) is 2. The van der Waals surface area contributed by atoms with E-state index in [-0.39, 0.29) is 24.4 Å². The maximum Gasteiger partial charge on any atom is 0.271 e. The van der Waals surface area contributed by atoms with Crippen LogP contribution in [0.5, 0.6) is 5.75 Å². The third-order valence-electron chi connectivity index (χ3n) is 5.74. The molecule has 0 bridgehead atoms. The first-order chi connectivity index (χ1) is 13.7. The third kappa shape index (κ3) is 5.03. The van der Waals surface area contributed by atoms with Gasteiger partial charge in [-0.3, -0.25) is 9.48 Å². The van der Waals surface area contributed by atoms with Gasteiger partial charge in [0.1, 0.15) is 11.4 Å². The van der Waals surface area contributed by atoms with Gasteiger partial charge in [-0.15, -0.1) is 12.4 Å². The van der Waals surface area contributed by atoms with E-state index in [9.17, 15) is 4.79 Å². The van der Waals surface area contributed by atoms with Crippen LogP contribution in [0.15, 0.2) is 36.5 Å². The van der Waals surface area contributed by atoms with Crippen LogP contribution in [-0.2, 0) is 0 Å². The SMILES string of the molecule is COc1ccccc1N1CCC(NC(=O)c2ccn(C3CCCNC3)n2)CC1.Cl. The Bertz CT molecular complexity index is 798. The van der Waals surface area contributed by atoms with Gasteiger partial charge in [-0.2, -0.15) is 5.10 Å². The van der Waals surface area contributed by atoms with E-state index >= 15 is 0 Å². The van der Waals surface area contributed by atoms with E-state index in [4.69, 9.17) is 4.74 Å². The van der Waals surface area contributed by atoms with Gasteiger partial charge in [-0.05, 0) is 50.4 Å². The van der Waals surface area contributed by atoms with Crippen LogP contribution in [0.2, 0.25) is 0 Å². The molecule has 8 heteroatoms. The molecule has 2 saturated heterocycles. The maximum atomic E-state index is 12.6. The first-order valence-electron chi connectivity index (χ1n) is 10.2. The summed E-state index contributed by atoms with van der Waals surface area (Å²) in [5.41, 5.74) is 1.63. The lowest BCUT2D eigenvalue weighted by Gasteiger charge is -2.34. The summed E-state index contributed by atoms with van der Waals surface area (Å²) in [6.45, 7) is 3.78. The highest BCUT2D eigenvalue weighted by atomic mass is 35.5. The van der Waals surface area contributed by atoms with Crippen molar-refractivity contribution in [3.05, 3.63) is 42.2 Å². The van der Waals surface area contributed by atoms with Gasteiger partial charge < -0.3 is 20.3 Å². The van der Waals surface area contributed by atoms with Crippen LogP contribution in [0.25, 0.3) is 0 Å². The number of rotatable bonds is 5. The van der Waals surface area contributed by atoms with Gasteiger partial charge in [-0.1, -0.05) is 12.1 Å².